The molecule has 0 aliphatic heterocycles. The van der Waals surface area contributed by atoms with Crippen molar-refractivity contribution in [2.24, 2.45) is 5.11 Å². The fraction of sp³-hybridized carbons (Fsp3) is 0.188. The third kappa shape index (κ3) is 5.31. The fourth-order valence-corrected chi connectivity index (χ4v) is 1.69. The van der Waals surface area contributed by atoms with Gasteiger partial charge in [0, 0.05) is 25.8 Å². The van der Waals surface area contributed by atoms with E-state index in [-0.39, 0.29) is 11.3 Å². The van der Waals surface area contributed by atoms with Crippen LogP contribution in [-0.2, 0) is 0 Å². The topological polar surface area (TPSA) is 99.7 Å². The van der Waals surface area contributed by atoms with Crippen molar-refractivity contribution in [2.75, 3.05) is 19.0 Å². The van der Waals surface area contributed by atoms with Crippen molar-refractivity contribution >= 4 is 23.3 Å². The summed E-state index contributed by atoms with van der Waals surface area (Å²) in [4.78, 5) is 22.3. The molecular weight excluding hydrogens is 296 g/mol. The first-order valence-electron chi connectivity index (χ1n) is 6.74. The maximum atomic E-state index is 10.6. The molecule has 0 aromatic heterocycles. The first-order chi connectivity index (χ1) is 10.9. The molecule has 0 aliphatic carbocycles. The van der Waals surface area contributed by atoms with Crippen molar-refractivity contribution < 1.29 is 9.72 Å². The molecule has 2 aromatic carbocycles. The van der Waals surface area contributed by atoms with Gasteiger partial charge < -0.3 is 4.90 Å². The van der Waals surface area contributed by atoms with Crippen LogP contribution in [0.25, 0.3) is 0 Å². The summed E-state index contributed by atoms with van der Waals surface area (Å²) < 4.78 is 0. The van der Waals surface area contributed by atoms with E-state index in [4.69, 9.17) is 5.53 Å². The van der Waals surface area contributed by atoms with E-state index in [1.807, 2.05) is 31.2 Å². The minimum absolute atomic E-state index is 0.0978. The Labute approximate surface area is 134 Å². The number of benzene rings is 2. The highest BCUT2D eigenvalue weighted by Gasteiger charge is 2.14. The van der Waals surface area contributed by atoms with Crippen LogP contribution in [0.1, 0.15) is 15.9 Å². The van der Waals surface area contributed by atoms with Gasteiger partial charge >= 0.3 is 0 Å². The van der Waals surface area contributed by atoms with Gasteiger partial charge in [-0.25, -0.2) is 5.53 Å². The quantitative estimate of drug-likeness (QED) is 0.397. The zero-order chi connectivity index (χ0) is 17.4. The molecule has 1 N–H and O–H groups in total. The fourth-order valence-electron chi connectivity index (χ4n) is 1.69. The van der Waals surface area contributed by atoms with Crippen LogP contribution >= 0.6 is 0 Å². The number of nitrogens with one attached hydrogen (secondary N) is 1. The number of rotatable bonds is 4. The first kappa shape index (κ1) is 18.0. The maximum Gasteiger partial charge on any atom is 0.281 e. The molecule has 0 spiro atoms. The third-order valence-electron chi connectivity index (χ3n) is 3.02. The van der Waals surface area contributed by atoms with Crippen molar-refractivity contribution in [1.29, 1.82) is 5.53 Å². The lowest BCUT2D eigenvalue weighted by molar-refractivity contribution is -0.385. The Bertz CT molecular complexity index is 697. The Kier molecular flexibility index (Phi) is 6.54. The third-order valence-corrected chi connectivity index (χ3v) is 3.02. The monoisotopic (exact) mass is 314 g/mol. The summed E-state index contributed by atoms with van der Waals surface area (Å²) in [6.07, 6.45) is 0.484. The highest BCUT2D eigenvalue weighted by Crippen LogP contribution is 2.23. The number of carbonyl (C=O) groups is 1. The predicted octanol–water partition coefficient (Wildman–Crippen LogP) is 4.13. The number of nitro groups is 1. The van der Waals surface area contributed by atoms with Crippen molar-refractivity contribution in [3.63, 3.8) is 0 Å². The summed E-state index contributed by atoms with van der Waals surface area (Å²) in [5, 5.41) is 13.8. The number of nitro benzene ring substituents is 1. The maximum absolute atomic E-state index is 10.6. The number of hydrogen-bond acceptors (Lipinski definition) is 6. The summed E-state index contributed by atoms with van der Waals surface area (Å²) >= 11 is 0. The molecule has 23 heavy (non-hydrogen) atoms. The molecule has 0 bridgehead atoms. The van der Waals surface area contributed by atoms with Crippen molar-refractivity contribution in [2.45, 2.75) is 6.92 Å². The first-order valence-corrected chi connectivity index (χ1v) is 6.74. The summed E-state index contributed by atoms with van der Waals surface area (Å²) in [7, 11) is 3.55. The molecule has 120 valence electrons. The molecule has 2 rings (SSSR count). The molecule has 7 nitrogen and oxygen atoms in total. The Hall–Kier alpha value is -3.09. The molecule has 0 radical (unpaired) electrons. The number of aldehydes is 1. The summed E-state index contributed by atoms with van der Waals surface area (Å²) in [5.41, 5.74) is 9.18. The molecule has 0 fully saturated rings. The summed E-state index contributed by atoms with van der Waals surface area (Å²) in [6, 6.07) is 12.0. The Morgan fingerprint density at radius 3 is 2.22 bits per heavy atom. The van der Waals surface area contributed by atoms with E-state index in [9.17, 15) is 14.9 Å². The number of aryl methyl sites for hydroxylation is 1. The second kappa shape index (κ2) is 8.38. The van der Waals surface area contributed by atoms with E-state index in [0.717, 1.165) is 0 Å². The Morgan fingerprint density at radius 1 is 1.17 bits per heavy atom. The van der Waals surface area contributed by atoms with E-state index in [2.05, 4.69) is 5.11 Å². The van der Waals surface area contributed by atoms with Gasteiger partial charge in [-0.2, -0.15) is 5.11 Å². The zero-order valence-corrected chi connectivity index (χ0v) is 13.2. The summed E-state index contributed by atoms with van der Waals surface area (Å²) in [6.45, 7) is 2.01. The van der Waals surface area contributed by atoms with Crippen LogP contribution in [0, 0.1) is 22.6 Å². The van der Waals surface area contributed by atoms with Crippen LogP contribution in [0.4, 0.5) is 17.1 Å². The van der Waals surface area contributed by atoms with Crippen molar-refractivity contribution in [1.82, 2.24) is 0 Å². The normalized spacial score (nSPS) is 9.35. The van der Waals surface area contributed by atoms with Gasteiger partial charge in [0.05, 0.1) is 16.2 Å². The highest BCUT2D eigenvalue weighted by atomic mass is 16.6. The smallest absolute Gasteiger partial charge is 0.281 e. The molecule has 0 amide bonds. The Balaban J connectivity index is 0.000000253. The van der Waals surface area contributed by atoms with Gasteiger partial charge in [0.1, 0.15) is 0 Å². The van der Waals surface area contributed by atoms with Crippen LogP contribution in [0.5, 0.6) is 0 Å². The van der Waals surface area contributed by atoms with E-state index in [0.29, 0.717) is 17.7 Å². The lowest BCUT2D eigenvalue weighted by atomic mass is 10.1. The van der Waals surface area contributed by atoms with Crippen LogP contribution in [0.2, 0.25) is 0 Å². The van der Waals surface area contributed by atoms with Gasteiger partial charge in [0.25, 0.3) is 5.69 Å². The molecule has 0 aliphatic rings. The predicted molar refractivity (Wildman–Crippen MR) is 88.8 cm³/mol. The average Bonchev–Trinajstić information content (AvgIpc) is 2.55. The van der Waals surface area contributed by atoms with Gasteiger partial charge in [0.15, 0.2) is 6.29 Å². The largest absolute Gasteiger partial charge is 0.377 e. The van der Waals surface area contributed by atoms with Crippen LogP contribution in [0.3, 0.4) is 0 Å². The molecule has 0 atom stereocenters. The summed E-state index contributed by atoms with van der Waals surface area (Å²) in [5.74, 6) is 0. The average molecular weight is 314 g/mol. The van der Waals surface area contributed by atoms with Crippen molar-refractivity contribution in [3.8, 4) is 0 Å². The second-order valence-electron chi connectivity index (χ2n) is 4.96. The lowest BCUT2D eigenvalue weighted by Gasteiger charge is -2.11. The van der Waals surface area contributed by atoms with Crippen LogP contribution in [-0.4, -0.2) is 25.3 Å². The number of nitrogens with zero attached hydrogens (tertiary/aromatic N) is 3. The number of anilines is 1. The molecule has 0 heterocycles. The standard InChI is InChI=1S/C9H10N2O3.C7H8N2/c1-10(2)8-4-3-7(6-12)9(5-8)11(13)14;1-6-2-4-7(9-8)5-3-6/h3-6H,1-2H3;2-5,8H,1H3. The molecule has 0 saturated carbocycles. The van der Waals surface area contributed by atoms with E-state index in [1.54, 1.807) is 25.1 Å². The van der Waals surface area contributed by atoms with Gasteiger partial charge in [-0.1, -0.05) is 17.7 Å². The van der Waals surface area contributed by atoms with E-state index in [1.165, 1.54) is 17.7 Å². The van der Waals surface area contributed by atoms with Crippen LogP contribution < -0.4 is 4.90 Å². The molecular formula is C16H18N4O3. The molecule has 0 unspecified atom stereocenters. The van der Waals surface area contributed by atoms with Gasteiger partial charge in [-0.3, -0.25) is 14.9 Å². The zero-order valence-electron chi connectivity index (χ0n) is 13.2. The number of hydrogen-bond donors (Lipinski definition) is 1. The lowest BCUT2D eigenvalue weighted by Crippen LogP contribution is -2.09. The van der Waals surface area contributed by atoms with Gasteiger partial charge in [-0.05, 0) is 31.2 Å². The highest BCUT2D eigenvalue weighted by molar-refractivity contribution is 5.82. The van der Waals surface area contributed by atoms with E-state index >= 15 is 0 Å². The minimum atomic E-state index is -0.559. The number of carbonyl (C=O) groups excluding carboxylic acids is 1. The van der Waals surface area contributed by atoms with E-state index < -0.39 is 4.92 Å². The van der Waals surface area contributed by atoms with Gasteiger partial charge in [-0.15, -0.1) is 0 Å². The minimum Gasteiger partial charge on any atom is -0.377 e. The van der Waals surface area contributed by atoms with Crippen LogP contribution in [0.15, 0.2) is 47.6 Å². The molecule has 2 aromatic rings. The SMILES string of the molecule is CN(C)c1ccc(C=O)c([N+](=O)[O-])c1.Cc1ccc(N=N)cc1. The van der Waals surface area contributed by atoms with Crippen molar-refractivity contribution in [3.05, 3.63) is 63.7 Å². The molecule has 7 heteroatoms. The molecule has 0 saturated heterocycles. The Morgan fingerprint density at radius 2 is 1.78 bits per heavy atom. The second-order valence-corrected chi connectivity index (χ2v) is 4.96. The van der Waals surface area contributed by atoms with Gasteiger partial charge in [0.2, 0.25) is 0 Å².